The van der Waals surface area contributed by atoms with Crippen molar-refractivity contribution in [2.45, 2.75) is 38.3 Å². The Bertz CT molecular complexity index is 511. The minimum absolute atomic E-state index is 0.202. The first-order valence-corrected chi connectivity index (χ1v) is 6.86. The maximum atomic E-state index is 5.72. The Balaban J connectivity index is 2.03. The molecule has 2 aromatic rings. The fraction of sp³-hybridized carbons (Fsp3) is 0.467. The van der Waals surface area contributed by atoms with Crippen molar-refractivity contribution >= 4 is 0 Å². The smallest absolute Gasteiger partial charge is 0.226 e. The Morgan fingerprint density at radius 1 is 1.30 bits per heavy atom. The van der Waals surface area contributed by atoms with Crippen molar-refractivity contribution in [2.75, 3.05) is 7.11 Å². The molecule has 108 valence electrons. The quantitative estimate of drug-likeness (QED) is 0.840. The molecule has 0 amide bonds. The lowest BCUT2D eigenvalue weighted by Gasteiger charge is -2.10. The average Bonchev–Trinajstić information content (AvgIpc) is 2.89. The molecule has 2 unspecified atom stereocenters. The van der Waals surface area contributed by atoms with E-state index in [2.05, 4.69) is 10.1 Å². The number of nitrogens with two attached hydrogens (primary N) is 1. The van der Waals surface area contributed by atoms with Crippen molar-refractivity contribution in [3.8, 4) is 0 Å². The topological polar surface area (TPSA) is 74.2 Å². The van der Waals surface area contributed by atoms with Crippen LogP contribution in [0.5, 0.6) is 0 Å². The number of benzene rings is 1. The van der Waals surface area contributed by atoms with Crippen LogP contribution in [-0.4, -0.2) is 23.3 Å². The minimum atomic E-state index is -0.290. The molecule has 0 aliphatic carbocycles. The van der Waals surface area contributed by atoms with Crippen LogP contribution in [0.15, 0.2) is 34.9 Å². The van der Waals surface area contributed by atoms with Crippen molar-refractivity contribution < 1.29 is 9.26 Å². The summed E-state index contributed by atoms with van der Waals surface area (Å²) in [4.78, 5) is 4.41. The van der Waals surface area contributed by atoms with E-state index in [0.29, 0.717) is 11.7 Å². The lowest BCUT2D eigenvalue weighted by Crippen LogP contribution is -2.14. The molecular formula is C15H21N3O2. The van der Waals surface area contributed by atoms with E-state index in [9.17, 15) is 0 Å². The summed E-state index contributed by atoms with van der Waals surface area (Å²) in [6, 6.07) is 10.1. The van der Waals surface area contributed by atoms with Crippen LogP contribution in [0.1, 0.15) is 43.1 Å². The van der Waals surface area contributed by atoms with E-state index < -0.39 is 0 Å². The molecule has 2 rings (SSSR count). The second kappa shape index (κ2) is 7.17. The van der Waals surface area contributed by atoms with Gasteiger partial charge < -0.3 is 15.0 Å². The summed E-state index contributed by atoms with van der Waals surface area (Å²) in [5.74, 6) is 1.20. The van der Waals surface area contributed by atoms with Crippen LogP contribution in [0.4, 0.5) is 0 Å². The molecule has 1 aromatic carbocycles. The van der Waals surface area contributed by atoms with Crippen molar-refractivity contribution in [2.24, 2.45) is 5.73 Å². The number of hydrogen-bond acceptors (Lipinski definition) is 5. The molecule has 0 bridgehead atoms. The van der Waals surface area contributed by atoms with Gasteiger partial charge in [0.05, 0.1) is 0 Å². The van der Waals surface area contributed by atoms with Crippen molar-refractivity contribution in [3.05, 3.63) is 47.6 Å². The molecule has 0 saturated carbocycles. The van der Waals surface area contributed by atoms with E-state index in [1.165, 1.54) is 0 Å². The second-order valence-corrected chi connectivity index (χ2v) is 4.94. The molecule has 2 N–H and O–H groups in total. The van der Waals surface area contributed by atoms with Gasteiger partial charge in [-0.1, -0.05) is 35.5 Å². The first kappa shape index (κ1) is 14.7. The Kier molecular flexibility index (Phi) is 5.26. The highest BCUT2D eigenvalue weighted by atomic mass is 16.5. The van der Waals surface area contributed by atoms with Crippen LogP contribution in [0.2, 0.25) is 0 Å². The van der Waals surface area contributed by atoms with Crippen molar-refractivity contribution in [1.29, 1.82) is 0 Å². The molecule has 20 heavy (non-hydrogen) atoms. The Morgan fingerprint density at radius 3 is 2.70 bits per heavy atom. The van der Waals surface area contributed by atoms with Gasteiger partial charge in [0.1, 0.15) is 6.10 Å². The normalized spacial score (nSPS) is 14.2. The third-order valence-corrected chi connectivity index (χ3v) is 3.11. The van der Waals surface area contributed by atoms with E-state index in [-0.39, 0.29) is 12.1 Å². The molecule has 2 atom stereocenters. The monoisotopic (exact) mass is 275 g/mol. The molecule has 5 heteroatoms. The number of methoxy groups -OCH3 is 1. The summed E-state index contributed by atoms with van der Waals surface area (Å²) < 4.78 is 10.7. The number of aromatic nitrogens is 2. The zero-order chi connectivity index (χ0) is 14.4. The summed E-state index contributed by atoms with van der Waals surface area (Å²) in [6.45, 7) is 2.00. The zero-order valence-corrected chi connectivity index (χ0v) is 12.0. The lowest BCUT2D eigenvalue weighted by molar-refractivity contribution is 0.126. The molecule has 0 fully saturated rings. The summed E-state index contributed by atoms with van der Waals surface area (Å²) >= 11 is 0. The predicted octanol–water partition coefficient (Wildman–Crippen LogP) is 2.48. The fourth-order valence-electron chi connectivity index (χ4n) is 2.07. The molecule has 0 aliphatic heterocycles. The number of ether oxygens (including phenoxy) is 1. The van der Waals surface area contributed by atoms with Gasteiger partial charge in [-0.05, 0) is 25.3 Å². The van der Waals surface area contributed by atoms with Crippen LogP contribution in [0.3, 0.4) is 0 Å². The van der Waals surface area contributed by atoms with Crippen molar-refractivity contribution in [1.82, 2.24) is 10.1 Å². The van der Waals surface area contributed by atoms with Gasteiger partial charge in [-0.15, -0.1) is 0 Å². The number of rotatable bonds is 7. The Hall–Kier alpha value is -1.72. The van der Waals surface area contributed by atoms with Crippen LogP contribution < -0.4 is 5.73 Å². The van der Waals surface area contributed by atoms with Gasteiger partial charge in [0.25, 0.3) is 0 Å². The highest BCUT2D eigenvalue weighted by Gasteiger charge is 2.19. The van der Waals surface area contributed by atoms with Gasteiger partial charge in [-0.25, -0.2) is 0 Å². The summed E-state index contributed by atoms with van der Waals surface area (Å²) in [6.07, 6.45) is 2.36. The van der Waals surface area contributed by atoms with Gasteiger partial charge in [0.2, 0.25) is 11.7 Å². The first-order valence-electron chi connectivity index (χ1n) is 6.86. The molecule has 0 saturated heterocycles. The highest BCUT2D eigenvalue weighted by Crippen LogP contribution is 2.22. The summed E-state index contributed by atoms with van der Waals surface area (Å²) in [5.41, 5.74) is 6.73. The first-order chi connectivity index (χ1) is 9.70. The minimum Gasteiger partial charge on any atom is -0.369 e. The van der Waals surface area contributed by atoms with E-state index >= 15 is 0 Å². The maximum absolute atomic E-state index is 5.72. The highest BCUT2D eigenvalue weighted by molar-refractivity contribution is 5.22. The lowest BCUT2D eigenvalue weighted by atomic mass is 10.1. The zero-order valence-electron chi connectivity index (χ0n) is 12.0. The van der Waals surface area contributed by atoms with E-state index in [4.69, 9.17) is 15.0 Å². The standard InChI is InChI=1S/C15H21N3O2/c1-11(16)7-6-10-13-17-15(18-20-13)14(19-2)12-8-4-3-5-9-12/h3-5,8-9,11,14H,6-7,10,16H2,1-2H3. The van der Waals surface area contributed by atoms with E-state index in [1.807, 2.05) is 37.3 Å². The third-order valence-electron chi connectivity index (χ3n) is 3.11. The summed E-state index contributed by atoms with van der Waals surface area (Å²) in [7, 11) is 1.64. The second-order valence-electron chi connectivity index (χ2n) is 4.94. The SMILES string of the molecule is COC(c1ccccc1)c1noc(CCCC(C)N)n1. The molecule has 1 aromatic heterocycles. The molecule has 5 nitrogen and oxygen atoms in total. The Morgan fingerprint density at radius 2 is 2.05 bits per heavy atom. The molecule has 1 heterocycles. The number of hydrogen-bond donors (Lipinski definition) is 1. The van der Waals surface area contributed by atoms with E-state index in [1.54, 1.807) is 7.11 Å². The number of nitrogens with zero attached hydrogens (tertiary/aromatic N) is 2. The van der Waals surface area contributed by atoms with Crippen molar-refractivity contribution in [3.63, 3.8) is 0 Å². The van der Waals surface area contributed by atoms with Gasteiger partial charge in [0.15, 0.2) is 0 Å². The van der Waals surface area contributed by atoms with Crippen LogP contribution in [0.25, 0.3) is 0 Å². The van der Waals surface area contributed by atoms with Gasteiger partial charge in [-0.3, -0.25) is 0 Å². The molecule has 0 aliphatic rings. The largest absolute Gasteiger partial charge is 0.369 e. The predicted molar refractivity (Wildman–Crippen MR) is 76.2 cm³/mol. The molecular weight excluding hydrogens is 254 g/mol. The van der Waals surface area contributed by atoms with Crippen LogP contribution in [0, 0.1) is 0 Å². The third kappa shape index (κ3) is 3.88. The summed E-state index contributed by atoms with van der Waals surface area (Å²) in [5, 5.41) is 4.02. The van der Waals surface area contributed by atoms with Crippen LogP contribution in [-0.2, 0) is 11.2 Å². The van der Waals surface area contributed by atoms with Crippen LogP contribution >= 0.6 is 0 Å². The average molecular weight is 275 g/mol. The van der Waals surface area contributed by atoms with Gasteiger partial charge >= 0.3 is 0 Å². The molecule has 0 radical (unpaired) electrons. The van der Waals surface area contributed by atoms with Gasteiger partial charge in [-0.2, -0.15) is 4.98 Å². The van der Waals surface area contributed by atoms with E-state index in [0.717, 1.165) is 24.8 Å². The Labute approximate surface area is 119 Å². The maximum Gasteiger partial charge on any atom is 0.226 e. The number of aryl methyl sites for hydroxylation is 1. The molecule has 0 spiro atoms. The van der Waals surface area contributed by atoms with Gasteiger partial charge in [0, 0.05) is 19.6 Å². The fourth-order valence-corrected chi connectivity index (χ4v) is 2.07.